The van der Waals surface area contributed by atoms with Crippen LogP contribution in [0.4, 0.5) is 0 Å². The first kappa shape index (κ1) is 16.3. The lowest BCUT2D eigenvalue weighted by Crippen LogP contribution is -2.59. The molecule has 2 nitrogen and oxygen atoms in total. The van der Waals surface area contributed by atoms with Crippen LogP contribution < -0.4 is 0 Å². The first-order valence-electron chi connectivity index (χ1n) is 8.65. The molecule has 0 atom stereocenters. The second-order valence-corrected chi connectivity index (χ2v) is 8.30. The zero-order chi connectivity index (χ0) is 15.1. The summed E-state index contributed by atoms with van der Waals surface area (Å²) in [5.41, 5.74) is 0.631. The van der Waals surface area contributed by atoms with Gasteiger partial charge in [-0.05, 0) is 36.5 Å². The third-order valence-electron chi connectivity index (χ3n) is 6.30. The minimum atomic E-state index is -0.289. The summed E-state index contributed by atoms with van der Waals surface area (Å²) in [6, 6.07) is 0. The Kier molecular flexibility index (Phi) is 4.30. The fourth-order valence-electron chi connectivity index (χ4n) is 5.73. The summed E-state index contributed by atoms with van der Waals surface area (Å²) < 4.78 is 0. The molecule has 0 bridgehead atoms. The van der Waals surface area contributed by atoms with Gasteiger partial charge in [-0.25, -0.2) is 0 Å². The lowest BCUT2D eigenvalue weighted by atomic mass is 9.44. The van der Waals surface area contributed by atoms with Crippen molar-refractivity contribution in [3.63, 3.8) is 0 Å². The Morgan fingerprint density at radius 2 is 1.25 bits per heavy atom. The van der Waals surface area contributed by atoms with Gasteiger partial charge in [-0.1, -0.05) is 60.8 Å². The van der Waals surface area contributed by atoms with Crippen LogP contribution in [0.15, 0.2) is 0 Å². The summed E-state index contributed by atoms with van der Waals surface area (Å²) in [6.45, 7) is 14.4. The molecule has 2 rings (SSSR count). The zero-order valence-electron chi connectivity index (χ0n) is 14.5. The maximum absolute atomic E-state index is 5.72. The van der Waals surface area contributed by atoms with Crippen molar-refractivity contribution in [2.24, 2.45) is 16.2 Å². The van der Waals surface area contributed by atoms with Crippen LogP contribution in [0, 0.1) is 16.2 Å². The minimum Gasteiger partial charge on any atom is -0.194 e. The average Bonchev–Trinajstić information content (AvgIpc) is 3.09. The maximum Gasteiger partial charge on any atom is 0.240 e. The van der Waals surface area contributed by atoms with Crippen molar-refractivity contribution >= 4 is 0 Å². The van der Waals surface area contributed by atoms with E-state index in [4.69, 9.17) is 9.78 Å². The predicted octanol–water partition coefficient (Wildman–Crippen LogP) is 5.86. The highest BCUT2D eigenvalue weighted by Gasteiger charge is 2.74. The molecule has 0 radical (unpaired) electrons. The number of hydrogen-bond donors (Lipinski definition) is 0. The van der Waals surface area contributed by atoms with E-state index in [1.807, 2.05) is 0 Å². The molecule has 20 heavy (non-hydrogen) atoms. The van der Waals surface area contributed by atoms with Gasteiger partial charge in [0.05, 0.1) is 0 Å². The van der Waals surface area contributed by atoms with E-state index in [9.17, 15) is 0 Å². The highest BCUT2D eigenvalue weighted by Crippen LogP contribution is 2.71. The molecule has 1 saturated carbocycles. The van der Waals surface area contributed by atoms with Crippen molar-refractivity contribution in [2.75, 3.05) is 0 Å². The first-order chi connectivity index (χ1) is 9.29. The molecule has 0 aromatic carbocycles. The number of hydrogen-bond acceptors (Lipinski definition) is 2. The third-order valence-corrected chi connectivity index (χ3v) is 6.30. The lowest BCUT2D eigenvalue weighted by molar-refractivity contribution is -0.154. The third kappa shape index (κ3) is 2.14. The van der Waals surface area contributed by atoms with Crippen molar-refractivity contribution in [1.29, 1.82) is 0 Å². The zero-order valence-corrected chi connectivity index (χ0v) is 14.5. The van der Waals surface area contributed by atoms with E-state index in [-0.39, 0.29) is 22.0 Å². The fraction of sp³-hybridized carbons (Fsp3) is 1.00. The molecule has 2 aliphatic rings. The standard InChI is InChI=1S/C18H34O2/c1-7-11-15(3,4)17(16(5,6)12-8-2)13-9-10-14-18(17)19-20-18/h7-14H2,1-6H3. The molecule has 0 aromatic heterocycles. The quantitative estimate of drug-likeness (QED) is 0.450. The van der Waals surface area contributed by atoms with E-state index < -0.39 is 0 Å². The molecular formula is C18H34O2. The predicted molar refractivity (Wildman–Crippen MR) is 83.2 cm³/mol. The second kappa shape index (κ2) is 5.28. The molecule has 1 aliphatic heterocycles. The van der Waals surface area contributed by atoms with Gasteiger partial charge in [-0.15, -0.1) is 0 Å². The Bertz CT molecular complexity index is 321. The summed E-state index contributed by atoms with van der Waals surface area (Å²) in [5, 5.41) is 0. The molecule has 118 valence electrons. The van der Waals surface area contributed by atoms with Crippen LogP contribution in [-0.4, -0.2) is 5.79 Å². The van der Waals surface area contributed by atoms with Crippen LogP contribution in [0.2, 0.25) is 0 Å². The van der Waals surface area contributed by atoms with Gasteiger partial charge < -0.3 is 0 Å². The molecule has 1 saturated heterocycles. The van der Waals surface area contributed by atoms with E-state index in [1.165, 1.54) is 44.9 Å². The molecule has 1 heterocycles. The summed E-state index contributed by atoms with van der Waals surface area (Å²) in [5.74, 6) is -0.289. The first-order valence-corrected chi connectivity index (χ1v) is 8.65. The average molecular weight is 282 g/mol. The Morgan fingerprint density at radius 3 is 1.65 bits per heavy atom. The lowest BCUT2D eigenvalue weighted by Gasteiger charge is -2.59. The van der Waals surface area contributed by atoms with Crippen LogP contribution in [0.3, 0.4) is 0 Å². The Morgan fingerprint density at radius 1 is 0.800 bits per heavy atom. The van der Waals surface area contributed by atoms with Crippen molar-refractivity contribution in [1.82, 2.24) is 0 Å². The molecule has 2 fully saturated rings. The molecule has 1 aliphatic carbocycles. The molecule has 1 spiro atoms. The Hall–Kier alpha value is -0.0800. The summed E-state index contributed by atoms with van der Waals surface area (Å²) >= 11 is 0. The van der Waals surface area contributed by atoms with Gasteiger partial charge in [0, 0.05) is 11.8 Å². The van der Waals surface area contributed by atoms with Gasteiger partial charge in [0.25, 0.3) is 0 Å². The van der Waals surface area contributed by atoms with E-state index in [2.05, 4.69) is 41.5 Å². The molecule has 0 unspecified atom stereocenters. The van der Waals surface area contributed by atoms with Gasteiger partial charge in [0.2, 0.25) is 5.79 Å². The van der Waals surface area contributed by atoms with E-state index in [1.54, 1.807) is 0 Å². The van der Waals surface area contributed by atoms with Crippen LogP contribution in [0.1, 0.15) is 92.9 Å². The highest BCUT2D eigenvalue weighted by molar-refractivity contribution is 5.13. The van der Waals surface area contributed by atoms with Crippen LogP contribution in [-0.2, 0) is 9.78 Å². The van der Waals surface area contributed by atoms with E-state index >= 15 is 0 Å². The SMILES string of the molecule is CCCC(C)(C)C1(C(C)(C)CCC)CCCCC12OO2. The molecular weight excluding hydrogens is 248 g/mol. The smallest absolute Gasteiger partial charge is 0.194 e. The van der Waals surface area contributed by atoms with Crippen molar-refractivity contribution < 1.29 is 9.78 Å². The Labute approximate surface area is 125 Å². The van der Waals surface area contributed by atoms with Gasteiger partial charge in [-0.2, -0.15) is 9.78 Å². The van der Waals surface area contributed by atoms with Crippen molar-refractivity contribution in [2.45, 2.75) is 98.7 Å². The molecule has 0 amide bonds. The van der Waals surface area contributed by atoms with Gasteiger partial charge in [-0.3, -0.25) is 0 Å². The van der Waals surface area contributed by atoms with Gasteiger partial charge in [0.15, 0.2) is 0 Å². The van der Waals surface area contributed by atoms with E-state index in [0.29, 0.717) is 0 Å². The van der Waals surface area contributed by atoms with Gasteiger partial charge >= 0.3 is 0 Å². The summed E-state index contributed by atoms with van der Waals surface area (Å²) in [6.07, 6.45) is 9.82. The summed E-state index contributed by atoms with van der Waals surface area (Å²) in [4.78, 5) is 11.4. The van der Waals surface area contributed by atoms with Crippen molar-refractivity contribution in [3.8, 4) is 0 Å². The maximum atomic E-state index is 5.72. The fourth-order valence-corrected chi connectivity index (χ4v) is 5.73. The highest BCUT2D eigenvalue weighted by atomic mass is 17.4. The van der Waals surface area contributed by atoms with E-state index in [0.717, 1.165) is 6.42 Å². The van der Waals surface area contributed by atoms with Crippen molar-refractivity contribution in [3.05, 3.63) is 0 Å². The number of rotatable bonds is 6. The minimum absolute atomic E-state index is 0.136. The van der Waals surface area contributed by atoms with Crippen LogP contribution in [0.25, 0.3) is 0 Å². The normalized spacial score (nSPS) is 24.9. The molecule has 2 heteroatoms. The molecule has 0 N–H and O–H groups in total. The Balaban J connectivity index is 2.48. The van der Waals surface area contributed by atoms with Gasteiger partial charge in [0.1, 0.15) is 0 Å². The molecule has 0 aromatic rings. The monoisotopic (exact) mass is 282 g/mol. The largest absolute Gasteiger partial charge is 0.240 e. The van der Waals surface area contributed by atoms with Crippen LogP contribution >= 0.6 is 0 Å². The van der Waals surface area contributed by atoms with Crippen LogP contribution in [0.5, 0.6) is 0 Å². The second-order valence-electron chi connectivity index (χ2n) is 8.30. The summed E-state index contributed by atoms with van der Waals surface area (Å²) in [7, 11) is 0. The topological polar surface area (TPSA) is 25.1 Å².